The minimum absolute atomic E-state index is 0.0606. The zero-order chi connectivity index (χ0) is 26.3. The minimum Gasteiger partial charge on any atom is -0.465 e. The fraction of sp³-hybridized carbons (Fsp3) is 0.280. The van der Waals surface area contributed by atoms with E-state index >= 15 is 4.39 Å². The second-order valence-electron chi connectivity index (χ2n) is 8.86. The van der Waals surface area contributed by atoms with Crippen molar-refractivity contribution in [2.75, 3.05) is 25.5 Å². The number of fused-ring (bicyclic) bond motifs is 2. The summed E-state index contributed by atoms with van der Waals surface area (Å²) in [5.74, 6) is -2.59. The number of hydrogen-bond acceptors (Lipinski definition) is 6. The SMILES string of the molecule is COC(=O)c1ccc(Cn2cc(C(=O)N3CCC[C@@]4(C3)OC(=O)Nc3ccc(Cl)c(F)c34)cn2)cc1F. The van der Waals surface area contributed by atoms with Gasteiger partial charge in [-0.2, -0.15) is 5.10 Å². The van der Waals surface area contributed by atoms with Crippen LogP contribution < -0.4 is 5.32 Å². The molecule has 1 saturated heterocycles. The lowest BCUT2D eigenvalue weighted by Crippen LogP contribution is -2.53. The summed E-state index contributed by atoms with van der Waals surface area (Å²) in [5, 5.41) is 6.57. The molecule has 2 aromatic carbocycles. The van der Waals surface area contributed by atoms with E-state index < -0.39 is 29.3 Å². The average molecular weight is 531 g/mol. The monoisotopic (exact) mass is 530 g/mol. The molecule has 3 aromatic rings. The summed E-state index contributed by atoms with van der Waals surface area (Å²) >= 11 is 6.01. The quantitative estimate of drug-likeness (QED) is 0.503. The molecule has 0 bridgehead atoms. The molecule has 12 heteroatoms. The van der Waals surface area contributed by atoms with Crippen LogP contribution in [0.1, 0.15) is 44.7 Å². The number of carbonyl (C=O) groups is 3. The van der Waals surface area contributed by atoms with E-state index in [9.17, 15) is 18.8 Å². The van der Waals surface area contributed by atoms with Gasteiger partial charge in [-0.3, -0.25) is 14.8 Å². The Bertz CT molecular complexity index is 1430. The molecule has 2 amide bonds. The Morgan fingerprint density at radius 2 is 2.08 bits per heavy atom. The molecular weight excluding hydrogens is 510 g/mol. The highest BCUT2D eigenvalue weighted by Gasteiger charge is 2.48. The van der Waals surface area contributed by atoms with Gasteiger partial charge >= 0.3 is 12.1 Å². The number of aromatic nitrogens is 2. The number of piperidine rings is 1. The summed E-state index contributed by atoms with van der Waals surface area (Å²) in [4.78, 5) is 38.7. The highest BCUT2D eigenvalue weighted by molar-refractivity contribution is 6.31. The molecule has 37 heavy (non-hydrogen) atoms. The van der Waals surface area contributed by atoms with Crippen LogP contribution in [0.15, 0.2) is 42.7 Å². The van der Waals surface area contributed by atoms with Gasteiger partial charge in [0, 0.05) is 12.7 Å². The topological polar surface area (TPSA) is 103 Å². The van der Waals surface area contributed by atoms with Gasteiger partial charge in [-0.25, -0.2) is 18.4 Å². The Hall–Kier alpha value is -3.99. The van der Waals surface area contributed by atoms with E-state index in [0.29, 0.717) is 24.9 Å². The van der Waals surface area contributed by atoms with Crippen molar-refractivity contribution >= 4 is 35.3 Å². The number of hydrogen-bond donors (Lipinski definition) is 1. The van der Waals surface area contributed by atoms with E-state index in [-0.39, 0.29) is 46.4 Å². The molecular formula is C25H21ClF2N4O5. The van der Waals surface area contributed by atoms with Crippen LogP contribution in [0, 0.1) is 11.6 Å². The van der Waals surface area contributed by atoms with Gasteiger partial charge in [-0.15, -0.1) is 0 Å². The van der Waals surface area contributed by atoms with Crippen LogP contribution >= 0.6 is 11.6 Å². The molecule has 0 unspecified atom stereocenters. The van der Waals surface area contributed by atoms with Gasteiger partial charge in [0.1, 0.15) is 5.82 Å². The van der Waals surface area contributed by atoms with E-state index in [4.69, 9.17) is 16.3 Å². The van der Waals surface area contributed by atoms with Crippen molar-refractivity contribution in [1.29, 1.82) is 0 Å². The Morgan fingerprint density at radius 1 is 1.27 bits per heavy atom. The van der Waals surface area contributed by atoms with Crippen LogP contribution in [0.2, 0.25) is 5.02 Å². The maximum Gasteiger partial charge on any atom is 0.412 e. The first-order valence-corrected chi connectivity index (χ1v) is 11.8. The molecule has 1 atom stereocenters. The number of carbonyl (C=O) groups excluding carboxylic acids is 3. The number of nitrogens with zero attached hydrogens (tertiary/aromatic N) is 3. The minimum atomic E-state index is -1.38. The van der Waals surface area contributed by atoms with E-state index in [1.165, 1.54) is 53.4 Å². The summed E-state index contributed by atoms with van der Waals surface area (Å²) in [6.07, 6.45) is 2.94. The molecule has 3 heterocycles. The zero-order valence-corrected chi connectivity index (χ0v) is 20.3. The van der Waals surface area contributed by atoms with Crippen molar-refractivity contribution < 1.29 is 32.6 Å². The molecule has 2 aliphatic heterocycles. The molecule has 5 rings (SSSR count). The maximum absolute atomic E-state index is 15.1. The van der Waals surface area contributed by atoms with Gasteiger partial charge < -0.3 is 14.4 Å². The Balaban J connectivity index is 1.36. The number of nitrogens with one attached hydrogen (secondary N) is 1. The van der Waals surface area contributed by atoms with Crippen molar-refractivity contribution in [3.8, 4) is 0 Å². The Labute approximate surface area is 214 Å². The lowest BCUT2D eigenvalue weighted by molar-refractivity contribution is -0.0418. The molecule has 0 saturated carbocycles. The highest BCUT2D eigenvalue weighted by atomic mass is 35.5. The normalized spacial score (nSPS) is 18.7. The van der Waals surface area contributed by atoms with Crippen molar-refractivity contribution in [3.05, 3.63) is 81.6 Å². The summed E-state index contributed by atoms with van der Waals surface area (Å²) in [5.41, 5.74) is -0.406. The summed E-state index contributed by atoms with van der Waals surface area (Å²) in [7, 11) is 1.17. The van der Waals surface area contributed by atoms with Crippen molar-refractivity contribution in [3.63, 3.8) is 0 Å². The summed E-state index contributed by atoms with van der Waals surface area (Å²) < 4.78 is 40.9. The van der Waals surface area contributed by atoms with E-state index in [1.54, 1.807) is 6.07 Å². The third-order valence-corrected chi connectivity index (χ3v) is 6.77. The fourth-order valence-electron chi connectivity index (χ4n) is 4.81. The van der Waals surface area contributed by atoms with E-state index in [0.717, 1.165) is 0 Å². The number of anilines is 1. The predicted molar refractivity (Wildman–Crippen MR) is 127 cm³/mol. The number of methoxy groups -OCH3 is 1. The first-order chi connectivity index (χ1) is 17.7. The summed E-state index contributed by atoms with van der Waals surface area (Å²) in [6.45, 7) is 0.458. The van der Waals surface area contributed by atoms with E-state index in [1.807, 2.05) is 0 Å². The largest absolute Gasteiger partial charge is 0.465 e. The number of rotatable bonds is 4. The first-order valence-electron chi connectivity index (χ1n) is 11.4. The number of ether oxygens (including phenoxy) is 2. The smallest absolute Gasteiger partial charge is 0.412 e. The molecule has 2 aliphatic rings. The molecule has 1 spiro atoms. The predicted octanol–water partition coefficient (Wildman–Crippen LogP) is 4.34. The van der Waals surface area contributed by atoms with Crippen LogP contribution in [0.3, 0.4) is 0 Å². The van der Waals surface area contributed by atoms with Gasteiger partial charge in [0.05, 0.1) is 53.8 Å². The van der Waals surface area contributed by atoms with Crippen LogP contribution in [0.4, 0.5) is 19.3 Å². The van der Waals surface area contributed by atoms with Crippen molar-refractivity contribution in [1.82, 2.24) is 14.7 Å². The average Bonchev–Trinajstić information content (AvgIpc) is 3.33. The summed E-state index contributed by atoms with van der Waals surface area (Å²) in [6, 6.07) is 6.95. The Morgan fingerprint density at radius 3 is 2.84 bits per heavy atom. The van der Waals surface area contributed by atoms with Crippen LogP contribution in [0.25, 0.3) is 0 Å². The van der Waals surface area contributed by atoms with Crippen LogP contribution in [-0.4, -0.2) is 52.8 Å². The lowest BCUT2D eigenvalue weighted by atomic mass is 9.83. The third kappa shape index (κ3) is 4.50. The molecule has 192 valence electrons. The first kappa shape index (κ1) is 24.7. The second kappa shape index (κ2) is 9.47. The van der Waals surface area contributed by atoms with Gasteiger partial charge in [0.2, 0.25) is 0 Å². The maximum atomic E-state index is 15.1. The molecule has 9 nitrogen and oxygen atoms in total. The molecule has 0 aliphatic carbocycles. The van der Waals surface area contributed by atoms with Gasteiger partial charge in [-0.05, 0) is 42.7 Å². The van der Waals surface area contributed by atoms with Crippen LogP contribution in [0.5, 0.6) is 0 Å². The second-order valence-corrected chi connectivity index (χ2v) is 9.26. The van der Waals surface area contributed by atoms with Crippen molar-refractivity contribution in [2.24, 2.45) is 0 Å². The molecule has 1 aromatic heterocycles. The number of amides is 2. The number of halogens is 3. The van der Waals surface area contributed by atoms with Gasteiger partial charge in [0.25, 0.3) is 5.91 Å². The lowest BCUT2D eigenvalue weighted by Gasteiger charge is -2.45. The zero-order valence-electron chi connectivity index (χ0n) is 19.6. The number of esters is 1. The number of likely N-dealkylation sites (tertiary alicyclic amines) is 1. The fourth-order valence-corrected chi connectivity index (χ4v) is 4.97. The Kier molecular flexibility index (Phi) is 6.32. The van der Waals surface area contributed by atoms with Gasteiger partial charge in [-0.1, -0.05) is 17.7 Å². The standard InChI is InChI=1S/C25H21ClF2N4O5/c1-36-23(34)16-4-3-14(9-18(16)27)11-32-12-15(10-29-32)22(33)31-8-2-7-25(13-31)20-19(30-24(35)37-25)6-5-17(26)21(20)28/h3-6,9-10,12H,2,7-8,11,13H2,1H3,(H,30,35)/t25-/m0/s1. The molecule has 0 radical (unpaired) electrons. The van der Waals surface area contributed by atoms with E-state index in [2.05, 4.69) is 15.2 Å². The van der Waals surface area contributed by atoms with Crippen molar-refractivity contribution in [2.45, 2.75) is 25.0 Å². The molecule has 1 N–H and O–H groups in total. The van der Waals surface area contributed by atoms with Gasteiger partial charge in [0.15, 0.2) is 11.4 Å². The molecule has 1 fully saturated rings. The number of benzene rings is 2. The highest BCUT2D eigenvalue weighted by Crippen LogP contribution is 2.45. The third-order valence-electron chi connectivity index (χ3n) is 6.48. The van der Waals surface area contributed by atoms with Crippen LogP contribution in [-0.2, 0) is 21.6 Å².